The van der Waals surface area contributed by atoms with E-state index in [9.17, 15) is 9.18 Å². The number of carbonyl (C=O) groups excluding carboxylic acids is 1. The predicted molar refractivity (Wildman–Crippen MR) is 109 cm³/mol. The molecule has 1 aliphatic rings. The highest BCUT2D eigenvalue weighted by Crippen LogP contribution is 2.29. The van der Waals surface area contributed by atoms with Crippen LogP contribution in [0.2, 0.25) is 0 Å². The van der Waals surface area contributed by atoms with Crippen molar-refractivity contribution in [2.75, 3.05) is 18.4 Å². The Morgan fingerprint density at radius 3 is 2.48 bits per heavy atom. The van der Waals surface area contributed by atoms with Crippen molar-refractivity contribution in [2.24, 2.45) is 5.92 Å². The van der Waals surface area contributed by atoms with E-state index in [1.165, 1.54) is 12.1 Å². The average Bonchev–Trinajstić information content (AvgIpc) is 3.25. The second-order valence-corrected chi connectivity index (χ2v) is 7.41. The van der Waals surface area contributed by atoms with Crippen molar-refractivity contribution in [3.8, 4) is 0 Å². The number of halogens is 1. The van der Waals surface area contributed by atoms with Crippen LogP contribution >= 0.6 is 0 Å². The molecule has 29 heavy (non-hydrogen) atoms. The summed E-state index contributed by atoms with van der Waals surface area (Å²) in [6.45, 7) is 2.51. The van der Waals surface area contributed by atoms with E-state index in [4.69, 9.17) is 0 Å². The maximum absolute atomic E-state index is 13.2. The van der Waals surface area contributed by atoms with Crippen LogP contribution in [0.1, 0.15) is 24.4 Å². The number of rotatable bonds is 6. The Morgan fingerprint density at radius 1 is 1.10 bits per heavy atom. The summed E-state index contributed by atoms with van der Waals surface area (Å²) in [6, 6.07) is 15.3. The average molecular weight is 393 g/mol. The standard InChI is InChI=1S/C22H24FN5O/c23-19-6-8-20(9-7-19)25-22(29)21(18-4-2-1-3-5-18)27-13-10-17(11-14-27)16-28-15-12-24-26-28/h1-9,12,15,17,21H,10-11,13-14,16H2,(H,25,29). The lowest BCUT2D eigenvalue weighted by molar-refractivity contribution is -0.122. The lowest BCUT2D eigenvalue weighted by Crippen LogP contribution is -2.42. The number of benzene rings is 2. The fourth-order valence-corrected chi connectivity index (χ4v) is 3.90. The van der Waals surface area contributed by atoms with Gasteiger partial charge in [-0.3, -0.25) is 14.4 Å². The van der Waals surface area contributed by atoms with Gasteiger partial charge < -0.3 is 5.32 Å². The number of hydrogen-bond donors (Lipinski definition) is 1. The SMILES string of the molecule is O=C(Nc1ccc(F)cc1)C(c1ccccc1)N1CCC(Cn2ccnn2)CC1. The molecule has 4 rings (SSSR count). The first kappa shape index (κ1) is 19.3. The first-order valence-corrected chi connectivity index (χ1v) is 9.88. The number of amides is 1. The Labute approximate surface area is 169 Å². The Balaban J connectivity index is 1.46. The van der Waals surface area contributed by atoms with Gasteiger partial charge in [0.1, 0.15) is 11.9 Å². The molecule has 1 amide bonds. The Kier molecular flexibility index (Phi) is 5.95. The minimum atomic E-state index is -0.381. The molecular formula is C22H24FN5O. The molecule has 1 unspecified atom stereocenters. The van der Waals surface area contributed by atoms with Gasteiger partial charge in [0.15, 0.2) is 0 Å². The van der Waals surface area contributed by atoms with Gasteiger partial charge >= 0.3 is 0 Å². The molecule has 1 aromatic heterocycles. The zero-order valence-electron chi connectivity index (χ0n) is 16.1. The summed E-state index contributed by atoms with van der Waals surface area (Å²) in [5.41, 5.74) is 1.56. The number of nitrogens with one attached hydrogen (secondary N) is 1. The van der Waals surface area contributed by atoms with Crippen LogP contribution in [0.25, 0.3) is 0 Å². The summed E-state index contributed by atoms with van der Waals surface area (Å²) in [5, 5.41) is 10.9. The number of carbonyl (C=O) groups is 1. The van der Waals surface area contributed by atoms with Gasteiger partial charge in [-0.15, -0.1) is 5.10 Å². The zero-order chi connectivity index (χ0) is 20.1. The molecule has 1 aliphatic heterocycles. The Bertz CT molecular complexity index is 906. The zero-order valence-corrected chi connectivity index (χ0v) is 16.1. The van der Waals surface area contributed by atoms with Crippen LogP contribution in [0.15, 0.2) is 67.0 Å². The Morgan fingerprint density at radius 2 is 1.83 bits per heavy atom. The molecule has 1 atom stereocenters. The summed E-state index contributed by atoms with van der Waals surface area (Å²) in [7, 11) is 0. The lowest BCUT2D eigenvalue weighted by atomic mass is 9.93. The smallest absolute Gasteiger partial charge is 0.246 e. The van der Waals surface area contributed by atoms with Gasteiger partial charge in [-0.05, 0) is 61.7 Å². The Hall–Kier alpha value is -3.06. The molecule has 0 radical (unpaired) electrons. The third-order valence-electron chi connectivity index (χ3n) is 5.41. The summed E-state index contributed by atoms with van der Waals surface area (Å²) >= 11 is 0. The third-order valence-corrected chi connectivity index (χ3v) is 5.41. The third kappa shape index (κ3) is 4.86. The molecule has 0 spiro atoms. The van der Waals surface area contributed by atoms with Crippen LogP contribution in [0.4, 0.5) is 10.1 Å². The van der Waals surface area contributed by atoms with Crippen LogP contribution < -0.4 is 5.32 Å². The highest BCUT2D eigenvalue weighted by molar-refractivity contribution is 5.95. The lowest BCUT2D eigenvalue weighted by Gasteiger charge is -2.37. The van der Waals surface area contributed by atoms with Crippen molar-refractivity contribution in [1.29, 1.82) is 0 Å². The van der Waals surface area contributed by atoms with Crippen LogP contribution in [-0.2, 0) is 11.3 Å². The van der Waals surface area contributed by atoms with E-state index < -0.39 is 0 Å². The van der Waals surface area contributed by atoms with E-state index in [-0.39, 0.29) is 17.8 Å². The summed E-state index contributed by atoms with van der Waals surface area (Å²) in [4.78, 5) is 15.4. The minimum absolute atomic E-state index is 0.0995. The monoisotopic (exact) mass is 393 g/mol. The van der Waals surface area contributed by atoms with Crippen LogP contribution in [-0.4, -0.2) is 38.9 Å². The molecule has 1 fully saturated rings. The van der Waals surface area contributed by atoms with Crippen molar-refractivity contribution >= 4 is 11.6 Å². The van der Waals surface area contributed by atoms with Crippen molar-refractivity contribution < 1.29 is 9.18 Å². The molecule has 6 nitrogen and oxygen atoms in total. The van der Waals surface area contributed by atoms with Gasteiger partial charge in [-0.2, -0.15) is 0 Å². The summed E-state index contributed by atoms with van der Waals surface area (Å²) < 4.78 is 15.1. The van der Waals surface area contributed by atoms with Crippen molar-refractivity contribution in [1.82, 2.24) is 19.9 Å². The van der Waals surface area contributed by atoms with E-state index in [0.717, 1.165) is 38.0 Å². The van der Waals surface area contributed by atoms with E-state index in [2.05, 4.69) is 20.5 Å². The van der Waals surface area contributed by atoms with E-state index in [0.29, 0.717) is 11.6 Å². The van der Waals surface area contributed by atoms with Gasteiger partial charge in [-0.1, -0.05) is 35.5 Å². The molecule has 1 N–H and O–H groups in total. The highest BCUT2D eigenvalue weighted by atomic mass is 19.1. The molecule has 7 heteroatoms. The van der Waals surface area contributed by atoms with Crippen molar-refractivity contribution in [2.45, 2.75) is 25.4 Å². The minimum Gasteiger partial charge on any atom is -0.324 e. The van der Waals surface area contributed by atoms with Crippen molar-refractivity contribution in [3.63, 3.8) is 0 Å². The topological polar surface area (TPSA) is 63.1 Å². The highest BCUT2D eigenvalue weighted by Gasteiger charge is 2.31. The first-order chi connectivity index (χ1) is 14.2. The molecule has 0 aliphatic carbocycles. The summed E-state index contributed by atoms with van der Waals surface area (Å²) in [6.07, 6.45) is 5.57. The van der Waals surface area contributed by atoms with E-state index in [1.54, 1.807) is 18.3 Å². The number of hydrogen-bond acceptors (Lipinski definition) is 4. The molecule has 150 valence electrons. The van der Waals surface area contributed by atoms with Crippen molar-refractivity contribution in [3.05, 3.63) is 78.4 Å². The molecule has 0 saturated carbocycles. The van der Waals surface area contributed by atoms with Gasteiger partial charge in [0.05, 0.1) is 6.20 Å². The number of piperidine rings is 1. The molecule has 3 aromatic rings. The van der Waals surface area contributed by atoms with Crippen LogP contribution in [0, 0.1) is 11.7 Å². The van der Waals surface area contributed by atoms with Gasteiger partial charge in [0, 0.05) is 18.4 Å². The molecule has 2 heterocycles. The second-order valence-electron chi connectivity index (χ2n) is 7.41. The largest absolute Gasteiger partial charge is 0.324 e. The van der Waals surface area contributed by atoms with Gasteiger partial charge in [0.25, 0.3) is 0 Å². The number of aromatic nitrogens is 3. The molecule has 0 bridgehead atoms. The maximum atomic E-state index is 13.2. The molecular weight excluding hydrogens is 369 g/mol. The normalized spacial score (nSPS) is 16.4. The van der Waals surface area contributed by atoms with E-state index >= 15 is 0 Å². The van der Waals surface area contributed by atoms with Gasteiger partial charge in [-0.25, -0.2) is 4.39 Å². The quantitative estimate of drug-likeness (QED) is 0.696. The predicted octanol–water partition coefficient (Wildman–Crippen LogP) is 3.51. The van der Waals surface area contributed by atoms with E-state index in [1.807, 2.05) is 41.2 Å². The second kappa shape index (κ2) is 8.96. The number of likely N-dealkylation sites (tertiary alicyclic amines) is 1. The molecule has 1 saturated heterocycles. The van der Waals surface area contributed by atoms with Gasteiger partial charge in [0.2, 0.25) is 5.91 Å². The summed E-state index contributed by atoms with van der Waals surface area (Å²) in [5.74, 6) is 0.0964. The number of nitrogens with zero attached hydrogens (tertiary/aromatic N) is 4. The first-order valence-electron chi connectivity index (χ1n) is 9.88. The fourth-order valence-electron chi connectivity index (χ4n) is 3.90. The van der Waals surface area contributed by atoms with Crippen LogP contribution in [0.3, 0.4) is 0 Å². The van der Waals surface area contributed by atoms with Crippen LogP contribution in [0.5, 0.6) is 0 Å². The fraction of sp³-hybridized carbons (Fsp3) is 0.318. The maximum Gasteiger partial charge on any atom is 0.246 e. The molecule has 2 aromatic carbocycles. The number of anilines is 1.